The molecule has 0 heterocycles. The smallest absolute Gasteiger partial charge is 0.243 e. The second kappa shape index (κ2) is 8.31. The molecule has 0 aliphatic rings. The van der Waals surface area contributed by atoms with Gasteiger partial charge in [0.25, 0.3) is 0 Å². The molecule has 114 valence electrons. The Bertz CT molecular complexity index is 520. The number of rotatable bonds is 9. The SMILES string of the molecule is CCNCc1ccc(S(=O)(=O)NCCCOC)c(F)c1. The van der Waals surface area contributed by atoms with Crippen LogP contribution in [0.3, 0.4) is 0 Å². The van der Waals surface area contributed by atoms with Gasteiger partial charge in [-0.05, 0) is 30.7 Å². The summed E-state index contributed by atoms with van der Waals surface area (Å²) in [5.41, 5.74) is 0.711. The summed E-state index contributed by atoms with van der Waals surface area (Å²) in [6.45, 7) is 3.89. The lowest BCUT2D eigenvalue weighted by Crippen LogP contribution is -2.26. The van der Waals surface area contributed by atoms with Gasteiger partial charge in [-0.25, -0.2) is 17.5 Å². The van der Waals surface area contributed by atoms with Crippen LogP contribution >= 0.6 is 0 Å². The quantitative estimate of drug-likeness (QED) is 0.674. The van der Waals surface area contributed by atoms with Crippen molar-refractivity contribution in [3.8, 4) is 0 Å². The van der Waals surface area contributed by atoms with Crippen molar-refractivity contribution in [2.75, 3.05) is 26.8 Å². The summed E-state index contributed by atoms with van der Waals surface area (Å²) >= 11 is 0. The van der Waals surface area contributed by atoms with E-state index in [1.807, 2.05) is 6.92 Å². The van der Waals surface area contributed by atoms with Crippen LogP contribution in [-0.4, -0.2) is 35.2 Å². The van der Waals surface area contributed by atoms with Gasteiger partial charge in [0.1, 0.15) is 10.7 Å². The highest BCUT2D eigenvalue weighted by atomic mass is 32.2. The van der Waals surface area contributed by atoms with E-state index in [0.29, 0.717) is 25.1 Å². The Kier molecular flexibility index (Phi) is 7.08. The molecule has 0 saturated carbocycles. The molecule has 20 heavy (non-hydrogen) atoms. The molecule has 5 nitrogen and oxygen atoms in total. The zero-order valence-electron chi connectivity index (χ0n) is 11.8. The van der Waals surface area contributed by atoms with Crippen molar-refractivity contribution in [1.29, 1.82) is 0 Å². The fourth-order valence-electron chi connectivity index (χ4n) is 1.64. The minimum atomic E-state index is -3.81. The fourth-order valence-corrected chi connectivity index (χ4v) is 2.77. The van der Waals surface area contributed by atoms with Crippen molar-refractivity contribution in [3.05, 3.63) is 29.6 Å². The van der Waals surface area contributed by atoms with Crippen LogP contribution in [0.15, 0.2) is 23.1 Å². The van der Waals surface area contributed by atoms with Crippen LogP contribution in [0.1, 0.15) is 18.9 Å². The maximum absolute atomic E-state index is 13.9. The standard InChI is InChI=1S/C13H21FN2O3S/c1-3-15-10-11-5-6-13(12(14)9-11)20(17,18)16-7-4-8-19-2/h5-6,9,15-16H,3-4,7-8,10H2,1-2H3. The fraction of sp³-hybridized carbons (Fsp3) is 0.538. The maximum Gasteiger partial charge on any atom is 0.243 e. The van der Waals surface area contributed by atoms with Gasteiger partial charge < -0.3 is 10.1 Å². The van der Waals surface area contributed by atoms with E-state index in [1.165, 1.54) is 19.2 Å². The average molecular weight is 304 g/mol. The van der Waals surface area contributed by atoms with Crippen LogP contribution in [0, 0.1) is 5.82 Å². The van der Waals surface area contributed by atoms with Crippen molar-refractivity contribution in [1.82, 2.24) is 10.0 Å². The second-order valence-corrected chi connectivity index (χ2v) is 6.02. The Morgan fingerprint density at radius 2 is 2.10 bits per heavy atom. The Morgan fingerprint density at radius 3 is 2.70 bits per heavy atom. The molecule has 0 aliphatic heterocycles. The lowest BCUT2D eigenvalue weighted by Gasteiger charge is -2.09. The summed E-state index contributed by atoms with van der Waals surface area (Å²) in [4.78, 5) is -0.324. The molecular weight excluding hydrogens is 283 g/mol. The van der Waals surface area contributed by atoms with Crippen molar-refractivity contribution in [2.45, 2.75) is 24.8 Å². The first-order valence-electron chi connectivity index (χ1n) is 6.49. The zero-order valence-corrected chi connectivity index (χ0v) is 12.6. The number of hydrogen-bond donors (Lipinski definition) is 2. The van der Waals surface area contributed by atoms with Crippen LogP contribution < -0.4 is 10.0 Å². The molecule has 0 unspecified atom stereocenters. The largest absolute Gasteiger partial charge is 0.385 e. The Labute approximate surface area is 119 Å². The van der Waals surface area contributed by atoms with E-state index >= 15 is 0 Å². The molecule has 1 aromatic rings. The van der Waals surface area contributed by atoms with E-state index in [9.17, 15) is 12.8 Å². The number of nitrogens with one attached hydrogen (secondary N) is 2. The molecule has 1 aromatic carbocycles. The van der Waals surface area contributed by atoms with Crippen molar-refractivity contribution in [2.24, 2.45) is 0 Å². The van der Waals surface area contributed by atoms with Gasteiger partial charge in [-0.2, -0.15) is 0 Å². The van der Waals surface area contributed by atoms with Crippen molar-refractivity contribution >= 4 is 10.0 Å². The summed E-state index contributed by atoms with van der Waals surface area (Å²) in [7, 11) is -2.27. The molecule has 2 N–H and O–H groups in total. The number of benzene rings is 1. The number of hydrogen-bond acceptors (Lipinski definition) is 4. The number of methoxy groups -OCH3 is 1. The van der Waals surface area contributed by atoms with E-state index in [4.69, 9.17) is 4.74 Å². The van der Waals surface area contributed by atoms with E-state index in [0.717, 1.165) is 6.54 Å². The van der Waals surface area contributed by atoms with Gasteiger partial charge >= 0.3 is 0 Å². The molecule has 0 aromatic heterocycles. The monoisotopic (exact) mass is 304 g/mol. The van der Waals surface area contributed by atoms with Crippen molar-refractivity contribution < 1.29 is 17.5 Å². The van der Waals surface area contributed by atoms with Gasteiger partial charge in [0, 0.05) is 26.8 Å². The van der Waals surface area contributed by atoms with Gasteiger partial charge in [-0.1, -0.05) is 13.0 Å². The molecule has 0 saturated heterocycles. The minimum absolute atomic E-state index is 0.217. The molecule has 0 radical (unpaired) electrons. The van der Waals surface area contributed by atoms with Crippen LogP contribution in [0.5, 0.6) is 0 Å². The molecule has 0 bridgehead atoms. The highest BCUT2D eigenvalue weighted by Crippen LogP contribution is 2.16. The second-order valence-electron chi connectivity index (χ2n) is 4.29. The third-order valence-electron chi connectivity index (χ3n) is 2.68. The molecule has 1 rings (SSSR count). The van der Waals surface area contributed by atoms with Gasteiger partial charge in [0.05, 0.1) is 0 Å². The van der Waals surface area contributed by atoms with Crippen LogP contribution in [0.25, 0.3) is 0 Å². The van der Waals surface area contributed by atoms with Gasteiger partial charge in [0.2, 0.25) is 10.0 Å². The van der Waals surface area contributed by atoms with Gasteiger partial charge in [-0.15, -0.1) is 0 Å². The highest BCUT2D eigenvalue weighted by molar-refractivity contribution is 7.89. The van der Waals surface area contributed by atoms with Crippen LogP contribution in [0.4, 0.5) is 4.39 Å². The summed E-state index contributed by atoms with van der Waals surface area (Å²) in [5.74, 6) is -0.736. The van der Waals surface area contributed by atoms with Gasteiger partial charge in [0.15, 0.2) is 0 Å². The molecule has 0 spiro atoms. The molecule has 0 amide bonds. The molecule has 7 heteroatoms. The summed E-state index contributed by atoms with van der Waals surface area (Å²) in [6, 6.07) is 4.14. The Balaban J connectivity index is 2.74. The van der Waals surface area contributed by atoms with E-state index in [2.05, 4.69) is 10.0 Å². The van der Waals surface area contributed by atoms with E-state index < -0.39 is 15.8 Å². The third kappa shape index (κ3) is 5.16. The zero-order chi connectivity index (χ0) is 15.0. The van der Waals surface area contributed by atoms with Gasteiger partial charge in [-0.3, -0.25) is 0 Å². The first-order chi connectivity index (χ1) is 9.51. The maximum atomic E-state index is 13.9. The molecule has 0 atom stereocenters. The summed E-state index contributed by atoms with van der Waals surface area (Å²) < 4.78 is 44.9. The molecule has 0 aliphatic carbocycles. The molecular formula is C13H21FN2O3S. The predicted octanol–water partition coefficient (Wildman–Crippen LogP) is 1.25. The normalized spacial score (nSPS) is 11.8. The summed E-state index contributed by atoms with van der Waals surface area (Å²) in [5, 5.41) is 3.05. The lowest BCUT2D eigenvalue weighted by atomic mass is 10.2. The minimum Gasteiger partial charge on any atom is -0.385 e. The molecule has 0 fully saturated rings. The third-order valence-corrected chi connectivity index (χ3v) is 4.18. The van der Waals surface area contributed by atoms with Crippen LogP contribution in [0.2, 0.25) is 0 Å². The number of sulfonamides is 1. The lowest BCUT2D eigenvalue weighted by molar-refractivity contribution is 0.196. The average Bonchev–Trinajstić information content (AvgIpc) is 2.41. The predicted molar refractivity (Wildman–Crippen MR) is 75.5 cm³/mol. The Morgan fingerprint density at radius 1 is 1.35 bits per heavy atom. The number of halogens is 1. The summed E-state index contributed by atoms with van der Waals surface area (Å²) in [6.07, 6.45) is 0.538. The topological polar surface area (TPSA) is 67.4 Å². The van der Waals surface area contributed by atoms with E-state index in [-0.39, 0.29) is 11.4 Å². The van der Waals surface area contributed by atoms with E-state index in [1.54, 1.807) is 6.07 Å². The Hall–Kier alpha value is -1.02. The van der Waals surface area contributed by atoms with Crippen LogP contribution in [-0.2, 0) is 21.3 Å². The highest BCUT2D eigenvalue weighted by Gasteiger charge is 2.18. The first kappa shape index (κ1) is 17.0. The first-order valence-corrected chi connectivity index (χ1v) is 7.97. The number of ether oxygens (including phenoxy) is 1. The van der Waals surface area contributed by atoms with Crippen molar-refractivity contribution in [3.63, 3.8) is 0 Å².